The molecule has 2 rings (SSSR count). The van der Waals surface area contributed by atoms with Crippen molar-refractivity contribution in [1.29, 1.82) is 0 Å². The van der Waals surface area contributed by atoms with Gasteiger partial charge >= 0.3 is 5.69 Å². The monoisotopic (exact) mass is 317 g/mol. The molecule has 0 amide bonds. The highest BCUT2D eigenvalue weighted by atomic mass is 35.5. The zero-order valence-corrected chi connectivity index (χ0v) is 11.5. The van der Waals surface area contributed by atoms with Crippen LogP contribution in [0.5, 0.6) is 11.5 Å². The molecule has 0 N–H and O–H groups in total. The van der Waals surface area contributed by atoms with Crippen molar-refractivity contribution in [3.8, 4) is 11.5 Å². The van der Waals surface area contributed by atoms with Gasteiger partial charge in [0.25, 0.3) is 0 Å². The molecule has 0 spiro atoms. The van der Waals surface area contributed by atoms with Gasteiger partial charge in [0.1, 0.15) is 5.75 Å². The summed E-state index contributed by atoms with van der Waals surface area (Å²) in [7, 11) is 0. The van der Waals surface area contributed by atoms with Crippen LogP contribution in [0.1, 0.15) is 0 Å². The van der Waals surface area contributed by atoms with E-state index in [-0.39, 0.29) is 17.2 Å². The molecule has 0 atom stereocenters. The predicted octanol–water partition coefficient (Wildman–Crippen LogP) is 5.35. The Balaban J connectivity index is 2.45. The first-order chi connectivity index (χ1) is 8.97. The van der Waals surface area contributed by atoms with Crippen LogP contribution in [-0.2, 0) is 0 Å². The molecule has 0 bridgehead atoms. The van der Waals surface area contributed by atoms with Crippen molar-refractivity contribution in [2.45, 2.75) is 0 Å². The van der Waals surface area contributed by atoms with E-state index in [4.69, 9.17) is 39.5 Å². The average Bonchev–Trinajstić information content (AvgIpc) is 2.33. The zero-order chi connectivity index (χ0) is 14.0. The second kappa shape index (κ2) is 5.65. The van der Waals surface area contributed by atoms with Gasteiger partial charge < -0.3 is 4.74 Å². The van der Waals surface area contributed by atoms with E-state index in [1.807, 2.05) is 0 Å². The van der Waals surface area contributed by atoms with Gasteiger partial charge in [-0.1, -0.05) is 34.8 Å². The Hall–Kier alpha value is -1.49. The van der Waals surface area contributed by atoms with Gasteiger partial charge in [-0.3, -0.25) is 10.1 Å². The van der Waals surface area contributed by atoms with Crippen LogP contribution in [0.2, 0.25) is 15.1 Å². The maximum absolute atomic E-state index is 10.9. The maximum atomic E-state index is 10.9. The third-order valence-electron chi connectivity index (χ3n) is 2.23. The summed E-state index contributed by atoms with van der Waals surface area (Å²) in [6.45, 7) is 0. The molecule has 0 aliphatic heterocycles. The van der Waals surface area contributed by atoms with E-state index in [9.17, 15) is 10.1 Å². The summed E-state index contributed by atoms with van der Waals surface area (Å²) in [5.41, 5.74) is -0.208. The van der Waals surface area contributed by atoms with Crippen molar-refractivity contribution in [2.75, 3.05) is 0 Å². The average molecular weight is 319 g/mol. The van der Waals surface area contributed by atoms with Crippen molar-refractivity contribution in [2.24, 2.45) is 0 Å². The number of nitro benzene ring substituents is 1. The van der Waals surface area contributed by atoms with Crippen molar-refractivity contribution in [1.82, 2.24) is 0 Å². The summed E-state index contributed by atoms with van der Waals surface area (Å²) in [5, 5.41) is 11.9. The van der Waals surface area contributed by atoms with E-state index in [0.717, 1.165) is 0 Å². The largest absolute Gasteiger partial charge is 0.448 e. The fourth-order valence-corrected chi connectivity index (χ4v) is 1.87. The molecule has 0 radical (unpaired) electrons. The minimum atomic E-state index is -0.565. The van der Waals surface area contributed by atoms with Crippen LogP contribution >= 0.6 is 34.8 Å². The highest BCUT2D eigenvalue weighted by molar-refractivity contribution is 6.34. The second-order valence-electron chi connectivity index (χ2n) is 3.55. The van der Waals surface area contributed by atoms with Crippen LogP contribution in [-0.4, -0.2) is 4.92 Å². The fourth-order valence-electron chi connectivity index (χ4n) is 1.39. The molecule has 2 aromatic rings. The smallest absolute Gasteiger partial charge is 0.311 e. The third-order valence-corrected chi connectivity index (χ3v) is 3.01. The number of rotatable bonds is 3. The molecule has 19 heavy (non-hydrogen) atoms. The first-order valence-electron chi connectivity index (χ1n) is 5.04. The molecular formula is C12H6Cl3NO3. The molecule has 2 aromatic carbocycles. The van der Waals surface area contributed by atoms with Gasteiger partial charge in [-0.2, -0.15) is 0 Å². The number of nitrogens with zero attached hydrogens (tertiary/aromatic N) is 1. The summed E-state index contributed by atoms with van der Waals surface area (Å²) in [5.74, 6) is 0.223. The van der Waals surface area contributed by atoms with E-state index in [1.54, 1.807) is 6.07 Å². The topological polar surface area (TPSA) is 52.4 Å². The van der Waals surface area contributed by atoms with Crippen LogP contribution in [0.4, 0.5) is 5.69 Å². The second-order valence-corrected chi connectivity index (χ2v) is 4.83. The van der Waals surface area contributed by atoms with Crippen LogP contribution in [0, 0.1) is 10.1 Å². The third kappa shape index (κ3) is 3.29. The summed E-state index contributed by atoms with van der Waals surface area (Å²) < 4.78 is 5.42. The van der Waals surface area contributed by atoms with E-state index < -0.39 is 4.92 Å². The molecule has 0 unspecified atom stereocenters. The van der Waals surface area contributed by atoms with Crippen molar-refractivity contribution >= 4 is 40.5 Å². The molecule has 7 heteroatoms. The van der Waals surface area contributed by atoms with E-state index in [1.165, 1.54) is 30.3 Å². The van der Waals surface area contributed by atoms with E-state index in [2.05, 4.69) is 0 Å². The van der Waals surface area contributed by atoms with Crippen LogP contribution in [0.25, 0.3) is 0 Å². The van der Waals surface area contributed by atoms with Gasteiger partial charge in [0.2, 0.25) is 5.75 Å². The van der Waals surface area contributed by atoms with Gasteiger partial charge in [0, 0.05) is 28.2 Å². The Morgan fingerprint density at radius 1 is 0.947 bits per heavy atom. The highest BCUT2D eigenvalue weighted by Crippen LogP contribution is 2.37. The van der Waals surface area contributed by atoms with Gasteiger partial charge in [-0.25, -0.2) is 0 Å². The summed E-state index contributed by atoms with van der Waals surface area (Å²) in [4.78, 5) is 10.3. The Bertz CT molecular complexity index is 646. The lowest BCUT2D eigenvalue weighted by Gasteiger charge is -2.08. The summed E-state index contributed by atoms with van der Waals surface area (Å²) >= 11 is 17.5. The highest BCUT2D eigenvalue weighted by Gasteiger charge is 2.17. The molecule has 0 saturated heterocycles. The van der Waals surface area contributed by atoms with Gasteiger partial charge in [-0.15, -0.1) is 0 Å². The van der Waals surface area contributed by atoms with Gasteiger partial charge in [-0.05, 0) is 18.2 Å². The normalized spacial score (nSPS) is 10.3. The predicted molar refractivity (Wildman–Crippen MR) is 74.6 cm³/mol. The molecule has 0 aliphatic carbocycles. The van der Waals surface area contributed by atoms with Crippen molar-refractivity contribution in [3.63, 3.8) is 0 Å². The molecule has 0 aliphatic rings. The van der Waals surface area contributed by atoms with E-state index in [0.29, 0.717) is 15.1 Å². The lowest BCUT2D eigenvalue weighted by Crippen LogP contribution is -1.93. The molecule has 98 valence electrons. The van der Waals surface area contributed by atoms with Crippen LogP contribution in [0.15, 0.2) is 36.4 Å². The summed E-state index contributed by atoms with van der Waals surface area (Å²) in [6.07, 6.45) is 0. The molecule has 0 aromatic heterocycles. The molecule has 4 nitrogen and oxygen atoms in total. The minimum absolute atomic E-state index is 0.00154. The molecule has 0 fully saturated rings. The van der Waals surface area contributed by atoms with E-state index >= 15 is 0 Å². The number of hydrogen-bond donors (Lipinski definition) is 0. The lowest BCUT2D eigenvalue weighted by molar-refractivity contribution is -0.385. The standard InChI is InChI=1S/C12H6Cl3NO3/c13-7-1-3-9(15)11(5-7)19-12-6-8(14)2-4-10(12)16(17)18/h1-6H. The van der Waals surface area contributed by atoms with Gasteiger partial charge in [0.15, 0.2) is 0 Å². The van der Waals surface area contributed by atoms with Crippen molar-refractivity contribution in [3.05, 3.63) is 61.6 Å². The molecular weight excluding hydrogens is 312 g/mol. The Labute approximate surface area is 123 Å². The Morgan fingerprint density at radius 3 is 2.16 bits per heavy atom. The molecule has 0 heterocycles. The Kier molecular flexibility index (Phi) is 4.14. The lowest BCUT2D eigenvalue weighted by atomic mass is 10.3. The van der Waals surface area contributed by atoms with Crippen molar-refractivity contribution < 1.29 is 9.66 Å². The first-order valence-corrected chi connectivity index (χ1v) is 6.17. The summed E-state index contributed by atoms with van der Waals surface area (Å²) in [6, 6.07) is 8.60. The van der Waals surface area contributed by atoms with Gasteiger partial charge in [0.05, 0.1) is 9.95 Å². The Morgan fingerprint density at radius 2 is 1.53 bits per heavy atom. The molecule has 0 saturated carbocycles. The zero-order valence-electron chi connectivity index (χ0n) is 9.27. The number of halogens is 3. The quantitative estimate of drug-likeness (QED) is 0.566. The number of benzene rings is 2. The number of hydrogen-bond acceptors (Lipinski definition) is 3. The number of nitro groups is 1. The number of ether oxygens (including phenoxy) is 1. The maximum Gasteiger partial charge on any atom is 0.311 e. The van der Waals surface area contributed by atoms with Crippen LogP contribution in [0.3, 0.4) is 0 Å². The SMILES string of the molecule is O=[N+]([O-])c1ccc(Cl)cc1Oc1cc(Cl)ccc1Cl. The van der Waals surface area contributed by atoms with Crippen LogP contribution < -0.4 is 4.74 Å². The minimum Gasteiger partial charge on any atom is -0.448 e. The first kappa shape index (κ1) is 13.9. The fraction of sp³-hybridized carbons (Fsp3) is 0.